The van der Waals surface area contributed by atoms with Gasteiger partial charge in [-0.3, -0.25) is 9.89 Å². The summed E-state index contributed by atoms with van der Waals surface area (Å²) < 4.78 is 7.63. The summed E-state index contributed by atoms with van der Waals surface area (Å²) >= 11 is 0. The highest BCUT2D eigenvalue weighted by molar-refractivity contribution is 5.79. The SMILES string of the molecule is CCc1nncn1CCNC(=NCC1CCCN1CC)NCCc1cc(C)ccc1OC. The van der Waals surface area contributed by atoms with Crippen molar-refractivity contribution in [2.24, 2.45) is 4.99 Å². The number of aryl methyl sites for hydroxylation is 2. The zero-order valence-corrected chi connectivity index (χ0v) is 20.1. The van der Waals surface area contributed by atoms with Crippen molar-refractivity contribution in [1.29, 1.82) is 0 Å². The molecule has 0 saturated carbocycles. The van der Waals surface area contributed by atoms with Crippen LogP contribution in [-0.4, -0.2) is 71.5 Å². The summed E-state index contributed by atoms with van der Waals surface area (Å²) in [6.07, 6.45) is 6.05. The Hall–Kier alpha value is -2.61. The number of rotatable bonds is 11. The highest BCUT2D eigenvalue weighted by Crippen LogP contribution is 2.20. The van der Waals surface area contributed by atoms with Gasteiger partial charge in [-0.15, -0.1) is 10.2 Å². The second kappa shape index (κ2) is 12.4. The Morgan fingerprint density at radius 2 is 2.09 bits per heavy atom. The van der Waals surface area contributed by atoms with Crippen molar-refractivity contribution in [2.75, 3.05) is 39.8 Å². The molecule has 8 nitrogen and oxygen atoms in total. The maximum absolute atomic E-state index is 5.53. The Bertz CT molecular complexity index is 864. The number of benzene rings is 1. The molecule has 8 heteroatoms. The largest absolute Gasteiger partial charge is 0.496 e. The molecule has 1 aromatic carbocycles. The standard InChI is InChI=1S/C24H39N7O/c1-5-23-29-28-18-31(23)15-13-26-24(27-17-21-8-7-14-30(21)6-2)25-12-11-20-16-19(3)9-10-22(20)32-4/h9-10,16,18,21H,5-8,11-15,17H2,1-4H3,(H2,25,26,27). The van der Waals surface area contributed by atoms with E-state index in [0.717, 1.165) is 63.1 Å². The molecule has 2 aromatic rings. The van der Waals surface area contributed by atoms with Gasteiger partial charge < -0.3 is 19.9 Å². The van der Waals surface area contributed by atoms with E-state index in [9.17, 15) is 0 Å². The first-order chi connectivity index (χ1) is 15.6. The molecule has 2 heterocycles. The van der Waals surface area contributed by atoms with Crippen LogP contribution in [0.3, 0.4) is 0 Å². The Morgan fingerprint density at radius 1 is 1.25 bits per heavy atom. The molecular weight excluding hydrogens is 402 g/mol. The average Bonchev–Trinajstić information content (AvgIpc) is 3.46. The molecule has 1 fully saturated rings. The van der Waals surface area contributed by atoms with Crippen molar-refractivity contribution >= 4 is 5.96 Å². The summed E-state index contributed by atoms with van der Waals surface area (Å²) in [4.78, 5) is 7.47. The van der Waals surface area contributed by atoms with E-state index in [4.69, 9.17) is 9.73 Å². The minimum Gasteiger partial charge on any atom is -0.496 e. The number of aromatic nitrogens is 3. The van der Waals surface area contributed by atoms with Crippen LogP contribution in [0.25, 0.3) is 0 Å². The highest BCUT2D eigenvalue weighted by atomic mass is 16.5. The monoisotopic (exact) mass is 441 g/mol. The first kappa shape index (κ1) is 24.0. The summed E-state index contributed by atoms with van der Waals surface area (Å²) in [5.41, 5.74) is 2.46. The summed E-state index contributed by atoms with van der Waals surface area (Å²) in [5, 5.41) is 15.2. The Kier molecular flexibility index (Phi) is 9.34. The van der Waals surface area contributed by atoms with Gasteiger partial charge in [0.1, 0.15) is 17.9 Å². The number of likely N-dealkylation sites (N-methyl/N-ethyl adjacent to an activating group) is 1. The Balaban J connectivity index is 1.59. The van der Waals surface area contributed by atoms with Crippen molar-refractivity contribution in [3.8, 4) is 5.75 Å². The lowest BCUT2D eigenvalue weighted by Crippen LogP contribution is -2.41. The van der Waals surface area contributed by atoms with Crippen LogP contribution >= 0.6 is 0 Å². The lowest BCUT2D eigenvalue weighted by Gasteiger charge is -2.21. The third kappa shape index (κ3) is 6.69. The van der Waals surface area contributed by atoms with Crippen LogP contribution in [0.15, 0.2) is 29.5 Å². The minimum atomic E-state index is 0.542. The first-order valence-electron chi connectivity index (χ1n) is 11.9. The molecule has 1 aliphatic heterocycles. The van der Waals surface area contributed by atoms with Gasteiger partial charge >= 0.3 is 0 Å². The number of guanidine groups is 1. The number of nitrogens with zero attached hydrogens (tertiary/aromatic N) is 5. The average molecular weight is 442 g/mol. The molecule has 0 spiro atoms. The summed E-state index contributed by atoms with van der Waals surface area (Å²) in [5.74, 6) is 2.81. The molecular formula is C24H39N7O. The van der Waals surface area contributed by atoms with Gasteiger partial charge in [-0.05, 0) is 50.9 Å². The van der Waals surface area contributed by atoms with E-state index in [2.05, 4.69) is 63.2 Å². The number of ether oxygens (including phenoxy) is 1. The highest BCUT2D eigenvalue weighted by Gasteiger charge is 2.22. The summed E-state index contributed by atoms with van der Waals surface area (Å²) in [6.45, 7) is 11.9. The molecule has 0 radical (unpaired) electrons. The fraction of sp³-hybridized carbons (Fsp3) is 0.625. The van der Waals surface area contributed by atoms with Gasteiger partial charge in [-0.25, -0.2) is 0 Å². The lowest BCUT2D eigenvalue weighted by atomic mass is 10.1. The molecule has 3 rings (SSSR count). The van der Waals surface area contributed by atoms with Crippen molar-refractivity contribution in [1.82, 2.24) is 30.3 Å². The van der Waals surface area contributed by atoms with E-state index in [1.165, 1.54) is 30.5 Å². The topological polar surface area (TPSA) is 79.6 Å². The summed E-state index contributed by atoms with van der Waals surface area (Å²) in [6, 6.07) is 6.86. The molecule has 1 saturated heterocycles. The van der Waals surface area contributed by atoms with Gasteiger partial charge in [-0.1, -0.05) is 31.5 Å². The quantitative estimate of drug-likeness (QED) is 0.412. The van der Waals surface area contributed by atoms with Gasteiger partial charge in [0.15, 0.2) is 5.96 Å². The third-order valence-electron chi connectivity index (χ3n) is 6.15. The predicted octanol–water partition coefficient (Wildman–Crippen LogP) is 2.42. The number of hydrogen-bond acceptors (Lipinski definition) is 5. The van der Waals surface area contributed by atoms with Crippen LogP contribution in [0.2, 0.25) is 0 Å². The molecule has 176 valence electrons. The van der Waals surface area contributed by atoms with Gasteiger partial charge in [0.2, 0.25) is 0 Å². The van der Waals surface area contributed by atoms with Crippen molar-refractivity contribution in [3.63, 3.8) is 0 Å². The smallest absolute Gasteiger partial charge is 0.191 e. The van der Waals surface area contributed by atoms with Crippen molar-refractivity contribution in [3.05, 3.63) is 41.5 Å². The van der Waals surface area contributed by atoms with Crippen LogP contribution in [0.1, 0.15) is 43.6 Å². The number of nitrogens with one attached hydrogen (secondary N) is 2. The molecule has 1 atom stereocenters. The fourth-order valence-electron chi connectivity index (χ4n) is 4.34. The molecule has 1 aromatic heterocycles. The van der Waals surface area contributed by atoms with Crippen LogP contribution in [0.5, 0.6) is 5.75 Å². The maximum atomic E-state index is 5.53. The normalized spacial score (nSPS) is 17.0. The van der Waals surface area contributed by atoms with Gasteiger partial charge in [-0.2, -0.15) is 0 Å². The van der Waals surface area contributed by atoms with Gasteiger partial charge in [0.25, 0.3) is 0 Å². The minimum absolute atomic E-state index is 0.542. The molecule has 2 N–H and O–H groups in total. The third-order valence-corrected chi connectivity index (χ3v) is 6.15. The molecule has 0 aliphatic carbocycles. The van der Waals surface area contributed by atoms with Crippen molar-refractivity contribution in [2.45, 2.75) is 59.0 Å². The molecule has 1 aliphatic rings. The van der Waals surface area contributed by atoms with E-state index in [-0.39, 0.29) is 0 Å². The number of methoxy groups -OCH3 is 1. The van der Waals surface area contributed by atoms with Gasteiger partial charge in [0.05, 0.1) is 13.7 Å². The maximum Gasteiger partial charge on any atom is 0.191 e. The van der Waals surface area contributed by atoms with Crippen LogP contribution in [0, 0.1) is 6.92 Å². The van der Waals surface area contributed by atoms with Crippen molar-refractivity contribution < 1.29 is 4.74 Å². The van der Waals surface area contributed by atoms with E-state index in [0.29, 0.717) is 6.04 Å². The van der Waals surface area contributed by atoms with Crippen LogP contribution in [0.4, 0.5) is 0 Å². The lowest BCUT2D eigenvalue weighted by molar-refractivity contribution is 0.273. The van der Waals surface area contributed by atoms with E-state index >= 15 is 0 Å². The van der Waals surface area contributed by atoms with Crippen LogP contribution < -0.4 is 15.4 Å². The zero-order valence-electron chi connectivity index (χ0n) is 20.1. The first-order valence-corrected chi connectivity index (χ1v) is 11.9. The summed E-state index contributed by atoms with van der Waals surface area (Å²) in [7, 11) is 1.73. The fourth-order valence-corrected chi connectivity index (χ4v) is 4.34. The number of likely N-dealkylation sites (tertiary alicyclic amines) is 1. The Labute approximate surface area is 192 Å². The van der Waals surface area contributed by atoms with E-state index in [1.54, 1.807) is 13.4 Å². The molecule has 0 bridgehead atoms. The van der Waals surface area contributed by atoms with Gasteiger partial charge in [0, 0.05) is 32.1 Å². The molecule has 32 heavy (non-hydrogen) atoms. The molecule has 1 unspecified atom stereocenters. The second-order valence-electron chi connectivity index (χ2n) is 8.33. The molecule has 0 amide bonds. The predicted molar refractivity (Wildman–Crippen MR) is 129 cm³/mol. The van der Waals surface area contributed by atoms with E-state index < -0.39 is 0 Å². The second-order valence-corrected chi connectivity index (χ2v) is 8.33. The van der Waals surface area contributed by atoms with E-state index in [1.807, 2.05) is 6.07 Å². The zero-order chi connectivity index (χ0) is 22.8. The van der Waals surface area contributed by atoms with Crippen LogP contribution in [-0.2, 0) is 19.4 Å². The Morgan fingerprint density at radius 3 is 2.88 bits per heavy atom. The number of aliphatic imine (C=N–C) groups is 1. The number of hydrogen-bond donors (Lipinski definition) is 2.